The monoisotopic (exact) mass is 202 g/mol. The van der Waals surface area contributed by atoms with Crippen molar-refractivity contribution in [3.05, 3.63) is 24.3 Å². The Labute approximate surface area is 79.5 Å². The molecule has 2 nitrogen and oxygen atoms in total. The Morgan fingerprint density at radius 3 is 2.50 bits per heavy atom. The number of halogens is 3. The van der Waals surface area contributed by atoms with Crippen LogP contribution in [0.1, 0.15) is 0 Å². The molecule has 5 heteroatoms. The maximum absolute atomic E-state index is 9.67. The minimum atomic E-state index is -3.67. The van der Waals surface area contributed by atoms with E-state index >= 15 is 0 Å². The predicted octanol–water partition coefficient (Wildman–Crippen LogP) is 2.99. The lowest BCUT2D eigenvalue weighted by atomic mass is 10.2. The van der Waals surface area contributed by atoms with Crippen molar-refractivity contribution in [1.29, 1.82) is 0 Å². The van der Waals surface area contributed by atoms with Gasteiger partial charge in [0.15, 0.2) is 0 Å². The molecule has 1 aliphatic rings. The molecule has 1 aromatic carbocycles. The number of rotatable bonds is 0. The average molecular weight is 202 g/mol. The molecule has 14 heavy (non-hydrogen) atoms. The Kier molecular flexibility index (Phi) is 3.97. The van der Waals surface area contributed by atoms with Gasteiger partial charge in [-0.15, -0.1) is 0 Å². The van der Waals surface area contributed by atoms with Crippen LogP contribution in [-0.2, 0) is 0 Å². The average Bonchev–Trinajstić information content (AvgIpc) is 2.17. The molecule has 0 amide bonds. The molecule has 2 rings (SSSR count). The largest absolute Gasteiger partial charge is 0.379 e. The Morgan fingerprint density at radius 1 is 1.21 bits per heavy atom. The van der Waals surface area contributed by atoms with Crippen LogP contribution in [0.3, 0.4) is 0 Å². The summed E-state index contributed by atoms with van der Waals surface area (Å²) in [6.07, 6.45) is 1.88. The van der Waals surface area contributed by atoms with Crippen LogP contribution in [0, 0.1) is 0 Å². The van der Waals surface area contributed by atoms with Gasteiger partial charge in [0, 0.05) is 6.21 Å². The summed E-state index contributed by atoms with van der Waals surface area (Å²) in [5.41, 5.74) is 2.17. The predicted molar refractivity (Wildman–Crippen MR) is 50.2 cm³/mol. The van der Waals surface area contributed by atoms with Gasteiger partial charge in [-0.25, -0.2) is 0 Å². The van der Waals surface area contributed by atoms with Crippen molar-refractivity contribution < 1.29 is 13.2 Å². The summed E-state index contributed by atoms with van der Waals surface area (Å²) in [5, 5.41) is 3.21. The van der Waals surface area contributed by atoms with Gasteiger partial charge in [0.05, 0.1) is 17.9 Å². The second-order valence-electron chi connectivity index (χ2n) is 2.46. The van der Waals surface area contributed by atoms with E-state index in [1.54, 1.807) is 0 Å². The van der Waals surface area contributed by atoms with Crippen LogP contribution in [0.5, 0.6) is 0 Å². The number of para-hydroxylation sites is 2. The Hall–Kier alpha value is -1.52. The third-order valence-corrected chi connectivity index (χ3v) is 1.52. The van der Waals surface area contributed by atoms with Crippen LogP contribution in [0.15, 0.2) is 29.3 Å². The number of aliphatic imine (C=N–C) groups is 1. The number of hydrogen-bond donors (Lipinski definition) is 1. The van der Waals surface area contributed by atoms with E-state index in [1.807, 2.05) is 30.5 Å². The number of fused-ring (bicyclic) bond motifs is 1. The normalized spacial score (nSPS) is 12.6. The highest BCUT2D eigenvalue weighted by Gasteiger charge is 2.00. The molecule has 76 valence electrons. The van der Waals surface area contributed by atoms with E-state index in [9.17, 15) is 13.2 Å². The number of nitrogens with one attached hydrogen (secondary N) is 1. The van der Waals surface area contributed by atoms with Crippen LogP contribution in [-0.4, -0.2) is 19.4 Å². The Morgan fingerprint density at radius 2 is 1.86 bits per heavy atom. The highest BCUT2D eigenvalue weighted by atomic mass is 19.4. The van der Waals surface area contributed by atoms with Crippen molar-refractivity contribution in [3.8, 4) is 0 Å². The summed E-state index contributed by atoms with van der Waals surface area (Å²) in [6.45, 7) is -2.82. The van der Waals surface area contributed by atoms with Crippen molar-refractivity contribution in [2.45, 2.75) is 6.68 Å². The summed E-state index contributed by atoms with van der Waals surface area (Å²) in [4.78, 5) is 4.21. The molecular weight excluding hydrogens is 193 g/mol. The Balaban J connectivity index is 0.000000213. The number of anilines is 1. The van der Waals surface area contributed by atoms with Gasteiger partial charge >= 0.3 is 6.68 Å². The molecule has 1 aliphatic heterocycles. The first-order valence-corrected chi connectivity index (χ1v) is 3.98. The fourth-order valence-corrected chi connectivity index (χ4v) is 1.04. The lowest BCUT2D eigenvalue weighted by molar-refractivity contribution is 0.00819. The summed E-state index contributed by atoms with van der Waals surface area (Å²) in [6, 6.07) is 8.03. The van der Waals surface area contributed by atoms with E-state index in [0.29, 0.717) is 0 Å². The molecule has 1 heterocycles. The zero-order valence-corrected chi connectivity index (χ0v) is 7.25. The van der Waals surface area contributed by atoms with Crippen molar-refractivity contribution in [2.24, 2.45) is 4.99 Å². The summed E-state index contributed by atoms with van der Waals surface area (Å²) < 4.78 is 29.0. The molecule has 0 unspecified atom stereocenters. The van der Waals surface area contributed by atoms with Gasteiger partial charge in [-0.2, -0.15) is 13.2 Å². The van der Waals surface area contributed by atoms with E-state index in [2.05, 4.69) is 10.3 Å². The molecule has 1 aromatic rings. The van der Waals surface area contributed by atoms with Gasteiger partial charge in [-0.1, -0.05) is 12.1 Å². The fourth-order valence-electron chi connectivity index (χ4n) is 1.04. The van der Waals surface area contributed by atoms with Crippen LogP contribution in [0.25, 0.3) is 0 Å². The molecule has 0 aliphatic carbocycles. The molecule has 0 bridgehead atoms. The van der Waals surface area contributed by atoms with Crippen molar-refractivity contribution in [1.82, 2.24) is 0 Å². The molecule has 0 radical (unpaired) electrons. The second-order valence-corrected chi connectivity index (χ2v) is 2.46. The smallest absolute Gasteiger partial charge is 0.378 e. The van der Waals surface area contributed by atoms with Crippen LogP contribution < -0.4 is 5.32 Å². The minimum Gasteiger partial charge on any atom is -0.378 e. The zero-order valence-electron chi connectivity index (χ0n) is 7.25. The summed E-state index contributed by atoms with van der Waals surface area (Å²) >= 11 is 0. The van der Waals surface area contributed by atoms with Crippen LogP contribution in [0.2, 0.25) is 0 Å². The number of nitrogens with zero attached hydrogens (tertiary/aromatic N) is 1. The Bertz CT molecular complexity index is 310. The maximum Gasteiger partial charge on any atom is 0.379 e. The van der Waals surface area contributed by atoms with Crippen molar-refractivity contribution >= 4 is 17.6 Å². The topological polar surface area (TPSA) is 24.4 Å². The van der Waals surface area contributed by atoms with Gasteiger partial charge in [0.25, 0.3) is 0 Å². The second kappa shape index (κ2) is 5.26. The van der Waals surface area contributed by atoms with Crippen LogP contribution in [0.4, 0.5) is 24.5 Å². The van der Waals surface area contributed by atoms with Crippen LogP contribution >= 0.6 is 0 Å². The van der Waals surface area contributed by atoms with Crippen molar-refractivity contribution in [3.63, 3.8) is 0 Å². The molecule has 0 saturated carbocycles. The van der Waals surface area contributed by atoms with E-state index in [0.717, 1.165) is 17.9 Å². The van der Waals surface area contributed by atoms with E-state index in [4.69, 9.17) is 0 Å². The minimum absolute atomic E-state index is 0.844. The molecule has 0 fully saturated rings. The molecule has 0 saturated heterocycles. The maximum atomic E-state index is 9.67. The number of benzene rings is 1. The van der Waals surface area contributed by atoms with Gasteiger partial charge in [-0.3, -0.25) is 4.99 Å². The highest BCUT2D eigenvalue weighted by Crippen LogP contribution is 2.24. The molecule has 0 aromatic heterocycles. The molecule has 0 spiro atoms. The lowest BCUT2D eigenvalue weighted by Crippen LogP contribution is -2.05. The fraction of sp³-hybridized carbons (Fsp3) is 0.222. The number of hydrogen-bond acceptors (Lipinski definition) is 2. The summed E-state index contributed by atoms with van der Waals surface area (Å²) in [7, 11) is 0. The zero-order chi connectivity index (χ0) is 10.4. The first-order valence-electron chi connectivity index (χ1n) is 3.98. The van der Waals surface area contributed by atoms with Crippen molar-refractivity contribution in [2.75, 3.05) is 11.9 Å². The van der Waals surface area contributed by atoms with Gasteiger partial charge in [0.1, 0.15) is 0 Å². The quantitative estimate of drug-likeness (QED) is 0.687. The summed E-state index contributed by atoms with van der Waals surface area (Å²) in [5.74, 6) is 0. The van der Waals surface area contributed by atoms with Gasteiger partial charge < -0.3 is 5.32 Å². The molecular formula is C9H9F3N2. The van der Waals surface area contributed by atoms with Gasteiger partial charge in [-0.05, 0) is 12.1 Å². The third-order valence-electron chi connectivity index (χ3n) is 1.52. The van der Waals surface area contributed by atoms with E-state index in [1.165, 1.54) is 0 Å². The lowest BCUT2D eigenvalue weighted by Gasteiger charge is -2.10. The SMILES string of the molecule is C1=Nc2ccccc2NC1.FC(F)F. The molecule has 0 atom stereocenters. The highest BCUT2D eigenvalue weighted by molar-refractivity contribution is 5.80. The first-order chi connectivity index (χ1) is 6.70. The first kappa shape index (κ1) is 10.6. The van der Waals surface area contributed by atoms with E-state index < -0.39 is 6.68 Å². The third kappa shape index (κ3) is 3.47. The molecule has 1 N–H and O–H groups in total. The van der Waals surface area contributed by atoms with Gasteiger partial charge in [0.2, 0.25) is 0 Å². The standard InChI is InChI=1S/C8H8N2.CHF3/c1-2-4-8-7(3-1)9-5-6-10-8;2-1(3)4/h1-5,10H,6H2;1H. The number of alkyl halides is 3. The van der Waals surface area contributed by atoms with E-state index in [-0.39, 0.29) is 0 Å².